The molecule has 4 aromatic rings. The summed E-state index contributed by atoms with van der Waals surface area (Å²) in [6, 6.07) is 31.8. The van der Waals surface area contributed by atoms with Crippen LogP contribution in [0.4, 0.5) is 13.6 Å². The van der Waals surface area contributed by atoms with Crippen LogP contribution in [0.1, 0.15) is 43.0 Å². The molecule has 1 aliphatic heterocycles. The highest BCUT2D eigenvalue weighted by Gasteiger charge is 2.44. The molecule has 0 aromatic heterocycles. The standard InChI is InChI=1S/C39H44F2N2O5/c1-39(2,3)48-38(45)43-25-36(44)46-27-35(43)37(47-26-30-17-11-6-12-18-30)34(21-31-19-32(40)22-33(41)20-31)42(23-28-13-7-4-8-14-28)24-29-15-9-5-10-16-29/h4-20,22,34-37,44H,21,23-27H2,1-3H3/t34-,35?,36?,37-/m0/s1. The Morgan fingerprint density at radius 3 is 1.90 bits per heavy atom. The molecule has 1 aliphatic rings. The first-order valence-electron chi connectivity index (χ1n) is 16.3. The highest BCUT2D eigenvalue weighted by Crippen LogP contribution is 2.29. The monoisotopic (exact) mass is 658 g/mol. The second-order valence-corrected chi connectivity index (χ2v) is 13.2. The molecule has 7 nitrogen and oxygen atoms in total. The van der Waals surface area contributed by atoms with Crippen molar-refractivity contribution < 1.29 is 32.9 Å². The van der Waals surface area contributed by atoms with Crippen LogP contribution in [0.2, 0.25) is 0 Å². The zero-order valence-corrected chi connectivity index (χ0v) is 27.7. The van der Waals surface area contributed by atoms with E-state index >= 15 is 0 Å². The second-order valence-electron chi connectivity index (χ2n) is 13.2. The Bertz CT molecular complexity index is 1530. The number of nitrogens with zero attached hydrogens (tertiary/aromatic N) is 2. The quantitative estimate of drug-likeness (QED) is 0.175. The van der Waals surface area contributed by atoms with Gasteiger partial charge in [-0.2, -0.15) is 0 Å². The fourth-order valence-corrected chi connectivity index (χ4v) is 6.05. The number of carbonyl (C=O) groups excluding carboxylic acids is 1. The summed E-state index contributed by atoms with van der Waals surface area (Å²) in [5.74, 6) is -1.36. The van der Waals surface area contributed by atoms with Crippen LogP contribution in [-0.4, -0.2) is 64.2 Å². The summed E-state index contributed by atoms with van der Waals surface area (Å²) in [4.78, 5) is 17.4. The lowest BCUT2D eigenvalue weighted by atomic mass is 9.92. The summed E-state index contributed by atoms with van der Waals surface area (Å²) in [5, 5.41) is 10.6. The minimum atomic E-state index is -1.22. The van der Waals surface area contributed by atoms with E-state index in [1.165, 1.54) is 17.0 Å². The molecule has 4 aromatic carbocycles. The molecule has 1 heterocycles. The molecule has 0 bridgehead atoms. The average Bonchev–Trinajstić information content (AvgIpc) is 3.04. The van der Waals surface area contributed by atoms with E-state index in [1.54, 1.807) is 20.8 Å². The van der Waals surface area contributed by atoms with Gasteiger partial charge in [0.2, 0.25) is 0 Å². The van der Waals surface area contributed by atoms with Crippen LogP contribution in [0, 0.1) is 11.6 Å². The number of halogens is 2. The van der Waals surface area contributed by atoms with Crippen molar-refractivity contribution in [1.29, 1.82) is 0 Å². The third-order valence-electron chi connectivity index (χ3n) is 8.18. The molecule has 5 rings (SSSR count). The highest BCUT2D eigenvalue weighted by molar-refractivity contribution is 5.69. The molecule has 0 radical (unpaired) electrons. The van der Waals surface area contributed by atoms with Crippen molar-refractivity contribution in [2.75, 3.05) is 13.2 Å². The summed E-state index contributed by atoms with van der Waals surface area (Å²) >= 11 is 0. The van der Waals surface area contributed by atoms with Crippen molar-refractivity contribution >= 4 is 6.09 Å². The first kappa shape index (κ1) is 35.2. The van der Waals surface area contributed by atoms with Crippen LogP contribution in [0.3, 0.4) is 0 Å². The number of carbonyl (C=O) groups is 1. The molecular formula is C39H44F2N2O5. The van der Waals surface area contributed by atoms with Crippen molar-refractivity contribution in [3.63, 3.8) is 0 Å². The third kappa shape index (κ3) is 10.2. The van der Waals surface area contributed by atoms with Crippen LogP contribution in [0.15, 0.2) is 109 Å². The van der Waals surface area contributed by atoms with E-state index in [0.29, 0.717) is 18.7 Å². The van der Waals surface area contributed by atoms with E-state index in [1.807, 2.05) is 91.0 Å². The van der Waals surface area contributed by atoms with E-state index < -0.39 is 47.8 Å². The summed E-state index contributed by atoms with van der Waals surface area (Å²) in [6.07, 6.45) is -2.40. The molecule has 1 saturated heterocycles. The van der Waals surface area contributed by atoms with E-state index in [9.17, 15) is 18.7 Å². The Morgan fingerprint density at radius 2 is 1.38 bits per heavy atom. The predicted molar refractivity (Wildman–Crippen MR) is 180 cm³/mol. The summed E-state index contributed by atoms with van der Waals surface area (Å²) in [7, 11) is 0. The summed E-state index contributed by atoms with van der Waals surface area (Å²) in [6.45, 7) is 6.32. The number of morpholine rings is 1. The number of β-amino-alcohol motifs (C(OH)–C–C–N with tert-alkyl or cyclic N) is 1. The maximum atomic E-state index is 14.7. The van der Waals surface area contributed by atoms with Gasteiger partial charge in [0, 0.05) is 25.2 Å². The Hall–Kier alpha value is -4.15. The molecule has 1 amide bonds. The smallest absolute Gasteiger partial charge is 0.410 e. The number of benzene rings is 4. The van der Waals surface area contributed by atoms with Crippen LogP contribution in [0.5, 0.6) is 0 Å². The molecule has 0 aliphatic carbocycles. The normalized spacial score (nSPS) is 18.0. The van der Waals surface area contributed by atoms with Crippen molar-refractivity contribution in [1.82, 2.24) is 9.80 Å². The van der Waals surface area contributed by atoms with Crippen LogP contribution >= 0.6 is 0 Å². The lowest BCUT2D eigenvalue weighted by Crippen LogP contribution is -2.63. The Labute approximate surface area is 281 Å². The van der Waals surface area contributed by atoms with Crippen LogP contribution < -0.4 is 0 Å². The predicted octanol–water partition coefficient (Wildman–Crippen LogP) is 7.12. The maximum absolute atomic E-state index is 14.7. The van der Waals surface area contributed by atoms with Gasteiger partial charge in [-0.05, 0) is 61.6 Å². The Morgan fingerprint density at radius 1 is 0.854 bits per heavy atom. The van der Waals surface area contributed by atoms with Gasteiger partial charge in [-0.15, -0.1) is 0 Å². The summed E-state index contributed by atoms with van der Waals surface area (Å²) < 4.78 is 47.7. The van der Waals surface area contributed by atoms with E-state index in [2.05, 4.69) is 4.90 Å². The summed E-state index contributed by atoms with van der Waals surface area (Å²) in [5.41, 5.74) is 2.62. The number of rotatable bonds is 12. The molecule has 2 unspecified atom stereocenters. The largest absolute Gasteiger partial charge is 0.444 e. The number of amides is 1. The molecule has 0 spiro atoms. The second kappa shape index (κ2) is 16.3. The van der Waals surface area contributed by atoms with Gasteiger partial charge in [0.05, 0.1) is 31.9 Å². The average molecular weight is 659 g/mol. The van der Waals surface area contributed by atoms with Crippen molar-refractivity contribution in [3.05, 3.63) is 143 Å². The van der Waals surface area contributed by atoms with Gasteiger partial charge in [-0.3, -0.25) is 9.80 Å². The minimum Gasteiger partial charge on any atom is -0.444 e. The highest BCUT2D eigenvalue weighted by atomic mass is 19.1. The van der Waals surface area contributed by atoms with Gasteiger partial charge in [0.15, 0.2) is 6.29 Å². The fourth-order valence-electron chi connectivity index (χ4n) is 6.05. The molecule has 254 valence electrons. The zero-order valence-electron chi connectivity index (χ0n) is 27.7. The van der Waals surface area contributed by atoms with Crippen molar-refractivity contribution in [3.8, 4) is 0 Å². The number of hydrogen-bond donors (Lipinski definition) is 1. The SMILES string of the molecule is CC(C)(C)OC(=O)N1CC(O)OCC1[C@@H](OCc1ccccc1)[C@H](Cc1cc(F)cc(F)c1)N(Cc1ccccc1)Cc1ccccc1. The van der Waals surface area contributed by atoms with Crippen molar-refractivity contribution in [2.45, 2.75) is 77.0 Å². The number of hydrogen-bond acceptors (Lipinski definition) is 6. The Balaban J connectivity index is 1.63. The number of aliphatic hydroxyl groups excluding tert-OH is 1. The van der Waals surface area contributed by atoms with E-state index in [4.69, 9.17) is 14.2 Å². The lowest BCUT2D eigenvalue weighted by molar-refractivity contribution is -0.190. The maximum Gasteiger partial charge on any atom is 0.410 e. The topological polar surface area (TPSA) is 71.5 Å². The molecule has 4 atom stereocenters. The minimum absolute atomic E-state index is 0.0433. The van der Waals surface area contributed by atoms with Crippen LogP contribution in [0.25, 0.3) is 0 Å². The van der Waals surface area contributed by atoms with E-state index in [-0.39, 0.29) is 26.2 Å². The van der Waals surface area contributed by atoms with Gasteiger partial charge in [-0.25, -0.2) is 13.6 Å². The molecule has 9 heteroatoms. The number of ether oxygens (including phenoxy) is 3. The molecule has 1 fully saturated rings. The Kier molecular flexibility index (Phi) is 11.9. The van der Waals surface area contributed by atoms with Gasteiger partial charge in [0.25, 0.3) is 0 Å². The van der Waals surface area contributed by atoms with Gasteiger partial charge in [-0.1, -0.05) is 91.0 Å². The zero-order chi connectivity index (χ0) is 34.1. The molecular weight excluding hydrogens is 614 g/mol. The van der Waals surface area contributed by atoms with Crippen molar-refractivity contribution in [2.24, 2.45) is 0 Å². The molecule has 48 heavy (non-hydrogen) atoms. The fraction of sp³-hybridized carbons (Fsp3) is 0.359. The van der Waals surface area contributed by atoms with Gasteiger partial charge < -0.3 is 19.3 Å². The molecule has 0 saturated carbocycles. The van der Waals surface area contributed by atoms with Crippen LogP contribution in [-0.2, 0) is 40.3 Å². The van der Waals surface area contributed by atoms with Gasteiger partial charge >= 0.3 is 6.09 Å². The third-order valence-corrected chi connectivity index (χ3v) is 8.18. The van der Waals surface area contributed by atoms with Gasteiger partial charge in [0.1, 0.15) is 17.2 Å². The molecule has 1 N–H and O–H groups in total. The first-order valence-corrected chi connectivity index (χ1v) is 16.3. The first-order chi connectivity index (χ1) is 23.0. The lowest BCUT2D eigenvalue weighted by Gasteiger charge is -2.46. The van der Waals surface area contributed by atoms with E-state index in [0.717, 1.165) is 22.8 Å². The number of aliphatic hydroxyl groups is 1.